The van der Waals surface area contributed by atoms with E-state index in [2.05, 4.69) is 59.9 Å². The first kappa shape index (κ1) is 17.8. The van der Waals surface area contributed by atoms with Crippen LogP contribution in [0.5, 0.6) is 0 Å². The van der Waals surface area contributed by atoms with E-state index in [0.29, 0.717) is 5.92 Å². The first-order chi connectivity index (χ1) is 9.87. The summed E-state index contributed by atoms with van der Waals surface area (Å²) in [7, 11) is -1.93. The number of hydrogen-bond donors (Lipinski definition) is 1. The molecular formula is C18H32O3Si. The van der Waals surface area contributed by atoms with E-state index in [1.165, 1.54) is 0 Å². The summed E-state index contributed by atoms with van der Waals surface area (Å²) >= 11 is 0. The summed E-state index contributed by atoms with van der Waals surface area (Å²) in [5.74, 6) is 1.32. The Hall–Kier alpha value is -0.583. The average Bonchev–Trinajstić information content (AvgIpc) is 2.62. The predicted molar refractivity (Wildman–Crippen MR) is 93.2 cm³/mol. The zero-order chi connectivity index (χ0) is 17.0. The second-order valence-corrected chi connectivity index (χ2v) is 13.5. The molecule has 0 radical (unpaired) electrons. The lowest BCUT2D eigenvalue weighted by molar-refractivity contribution is -0.107. The van der Waals surface area contributed by atoms with Gasteiger partial charge < -0.3 is 14.3 Å². The molecule has 0 fully saturated rings. The molecule has 0 saturated carbocycles. The molecule has 0 aromatic rings. The molecule has 0 spiro atoms. The number of aliphatic hydroxyl groups excluding tert-OH is 1. The maximum Gasteiger partial charge on any atom is 0.250 e. The monoisotopic (exact) mass is 324 g/mol. The van der Waals surface area contributed by atoms with E-state index in [-0.39, 0.29) is 17.2 Å². The van der Waals surface area contributed by atoms with Crippen molar-refractivity contribution in [3.63, 3.8) is 0 Å². The van der Waals surface area contributed by atoms with Crippen molar-refractivity contribution in [2.24, 2.45) is 5.92 Å². The highest BCUT2D eigenvalue weighted by Crippen LogP contribution is 2.51. The molecule has 2 heterocycles. The zero-order valence-corrected chi connectivity index (χ0v) is 16.4. The van der Waals surface area contributed by atoms with Crippen LogP contribution in [0.3, 0.4) is 0 Å². The van der Waals surface area contributed by atoms with E-state index in [4.69, 9.17) is 9.16 Å². The van der Waals surface area contributed by atoms with Crippen LogP contribution in [0.2, 0.25) is 18.1 Å². The van der Waals surface area contributed by atoms with Gasteiger partial charge in [0.25, 0.3) is 0 Å². The van der Waals surface area contributed by atoms with Crippen molar-refractivity contribution in [3.05, 3.63) is 23.5 Å². The van der Waals surface area contributed by atoms with Crippen LogP contribution in [0.15, 0.2) is 23.5 Å². The minimum absolute atomic E-state index is 0.0149. The largest absolute Gasteiger partial charge is 0.546 e. The molecule has 4 heteroatoms. The molecule has 0 aliphatic carbocycles. The molecule has 3 nitrogen and oxygen atoms in total. The van der Waals surface area contributed by atoms with E-state index in [1.807, 2.05) is 6.92 Å². The standard InChI is InChI=1S/C18H32O3Si/c1-13(2)18-10-9-17(6,21-18)14(12-19)15(11-18)20-22(7,8)16(3,4)5/h9-10,13,19H,11-12H2,1-8H3/t17-,18+/m1/s1. The molecule has 2 aliphatic rings. The van der Waals surface area contributed by atoms with Crippen LogP contribution in [0, 0.1) is 5.92 Å². The van der Waals surface area contributed by atoms with Crippen molar-refractivity contribution in [1.29, 1.82) is 0 Å². The Morgan fingerprint density at radius 3 is 2.36 bits per heavy atom. The molecule has 0 unspecified atom stereocenters. The van der Waals surface area contributed by atoms with Crippen molar-refractivity contribution < 1.29 is 14.3 Å². The minimum atomic E-state index is -1.93. The predicted octanol–water partition coefficient (Wildman–Crippen LogP) is 4.40. The number of aliphatic hydroxyl groups is 1. The normalized spacial score (nSPS) is 32.1. The Labute approximate surface area is 136 Å². The molecular weight excluding hydrogens is 292 g/mol. The molecule has 2 rings (SSSR count). The van der Waals surface area contributed by atoms with Gasteiger partial charge >= 0.3 is 0 Å². The van der Waals surface area contributed by atoms with Gasteiger partial charge in [-0.2, -0.15) is 0 Å². The lowest BCUT2D eigenvalue weighted by Gasteiger charge is -2.46. The van der Waals surface area contributed by atoms with Gasteiger partial charge in [0.1, 0.15) is 5.60 Å². The van der Waals surface area contributed by atoms with Gasteiger partial charge in [-0.05, 0) is 37.0 Å². The topological polar surface area (TPSA) is 38.7 Å². The van der Waals surface area contributed by atoms with Gasteiger partial charge in [0, 0.05) is 12.0 Å². The van der Waals surface area contributed by atoms with E-state index in [9.17, 15) is 5.11 Å². The summed E-state index contributed by atoms with van der Waals surface area (Å²) in [6.45, 7) is 17.6. The second-order valence-electron chi connectivity index (χ2n) is 8.75. The number of ether oxygens (including phenoxy) is 1. The molecule has 22 heavy (non-hydrogen) atoms. The Bertz CT molecular complexity index is 513. The molecule has 126 valence electrons. The third-order valence-corrected chi connectivity index (χ3v) is 10.1. The number of rotatable bonds is 4. The van der Waals surface area contributed by atoms with Crippen molar-refractivity contribution in [2.75, 3.05) is 6.61 Å². The summed E-state index contributed by atoms with van der Waals surface area (Å²) in [5.41, 5.74) is 0.0578. The van der Waals surface area contributed by atoms with E-state index >= 15 is 0 Å². The van der Waals surface area contributed by atoms with Gasteiger partial charge in [0.2, 0.25) is 8.32 Å². The van der Waals surface area contributed by atoms with Gasteiger partial charge in [0.05, 0.1) is 18.0 Å². The molecule has 2 bridgehead atoms. The van der Waals surface area contributed by atoms with Gasteiger partial charge in [-0.3, -0.25) is 0 Å². The molecule has 0 aromatic carbocycles. The SMILES string of the molecule is CC(C)[C@@]12C=C[C@@](C)(O1)C(CO)=C(O[Si](C)(C)C(C)(C)C)C2. The molecule has 0 saturated heterocycles. The van der Waals surface area contributed by atoms with Gasteiger partial charge in [0.15, 0.2) is 0 Å². The lowest BCUT2D eigenvalue weighted by Crippen LogP contribution is -2.49. The maximum atomic E-state index is 9.93. The third-order valence-electron chi connectivity index (χ3n) is 5.78. The highest BCUT2D eigenvalue weighted by atomic mass is 28.4. The van der Waals surface area contributed by atoms with Gasteiger partial charge in [-0.15, -0.1) is 0 Å². The Balaban J connectivity index is 2.44. The molecule has 1 N–H and O–H groups in total. The summed E-state index contributed by atoms with van der Waals surface area (Å²) in [4.78, 5) is 0. The van der Waals surface area contributed by atoms with Crippen LogP contribution in [-0.2, 0) is 9.16 Å². The number of hydrogen-bond acceptors (Lipinski definition) is 3. The first-order valence-corrected chi connectivity index (χ1v) is 11.2. The summed E-state index contributed by atoms with van der Waals surface area (Å²) in [6.07, 6.45) is 5.00. The van der Waals surface area contributed by atoms with Crippen molar-refractivity contribution >= 4 is 8.32 Å². The molecule has 0 amide bonds. The van der Waals surface area contributed by atoms with Crippen molar-refractivity contribution in [1.82, 2.24) is 0 Å². The fraction of sp³-hybridized carbons (Fsp3) is 0.778. The van der Waals surface area contributed by atoms with Crippen LogP contribution in [-0.4, -0.2) is 31.2 Å². The smallest absolute Gasteiger partial charge is 0.250 e. The maximum absolute atomic E-state index is 9.93. The van der Waals surface area contributed by atoms with Gasteiger partial charge in [-0.1, -0.05) is 40.7 Å². The third kappa shape index (κ3) is 2.70. The van der Waals surface area contributed by atoms with Crippen molar-refractivity contribution in [3.8, 4) is 0 Å². The van der Waals surface area contributed by atoms with Crippen molar-refractivity contribution in [2.45, 2.75) is 77.3 Å². The summed E-state index contributed by atoms with van der Waals surface area (Å²) in [6, 6.07) is 0. The molecule has 2 aliphatic heterocycles. The zero-order valence-electron chi connectivity index (χ0n) is 15.4. The first-order valence-electron chi connectivity index (χ1n) is 8.30. The van der Waals surface area contributed by atoms with Gasteiger partial charge in [-0.25, -0.2) is 0 Å². The fourth-order valence-corrected chi connectivity index (χ4v) is 4.09. The van der Waals surface area contributed by atoms with Crippen LogP contribution in [0.4, 0.5) is 0 Å². The Morgan fingerprint density at radius 2 is 1.91 bits per heavy atom. The van der Waals surface area contributed by atoms with Crippen LogP contribution in [0.25, 0.3) is 0 Å². The van der Waals surface area contributed by atoms with Crippen LogP contribution in [0.1, 0.15) is 48.0 Å². The van der Waals surface area contributed by atoms with Crippen LogP contribution < -0.4 is 0 Å². The Morgan fingerprint density at radius 1 is 1.32 bits per heavy atom. The minimum Gasteiger partial charge on any atom is -0.546 e. The average molecular weight is 325 g/mol. The highest BCUT2D eigenvalue weighted by Gasteiger charge is 2.53. The summed E-state index contributed by atoms with van der Waals surface area (Å²) < 4.78 is 13.0. The number of fused-ring (bicyclic) bond motifs is 2. The lowest BCUT2D eigenvalue weighted by atomic mass is 9.84. The Kier molecular flexibility index (Phi) is 4.21. The van der Waals surface area contributed by atoms with E-state index in [1.54, 1.807) is 0 Å². The quantitative estimate of drug-likeness (QED) is 0.615. The van der Waals surface area contributed by atoms with E-state index < -0.39 is 13.9 Å². The molecule has 2 atom stereocenters. The second kappa shape index (κ2) is 5.22. The molecule has 0 aromatic heterocycles. The highest BCUT2D eigenvalue weighted by molar-refractivity contribution is 6.74. The van der Waals surface area contributed by atoms with Crippen LogP contribution >= 0.6 is 0 Å². The fourth-order valence-electron chi connectivity index (χ4n) is 2.97. The van der Waals surface area contributed by atoms with E-state index in [0.717, 1.165) is 17.8 Å². The summed E-state index contributed by atoms with van der Waals surface area (Å²) in [5, 5.41) is 10.1.